The molecule has 0 amide bonds. The Morgan fingerprint density at radius 3 is 2.70 bits per heavy atom. The van der Waals surface area contributed by atoms with Crippen LogP contribution in [0.25, 0.3) is 10.9 Å². The number of pyridine rings is 1. The van der Waals surface area contributed by atoms with E-state index in [1.807, 2.05) is 0 Å². The Labute approximate surface area is 131 Å². The quantitative estimate of drug-likeness (QED) is 0.576. The first-order valence-electron chi connectivity index (χ1n) is 6.98. The van der Waals surface area contributed by atoms with Crippen molar-refractivity contribution in [3.63, 3.8) is 0 Å². The molecule has 0 spiro atoms. The number of ketones is 1. The van der Waals surface area contributed by atoms with E-state index in [2.05, 4.69) is 4.98 Å². The molecule has 114 valence electrons. The maximum atomic E-state index is 13.3. The molecule has 0 saturated carbocycles. The van der Waals surface area contributed by atoms with Gasteiger partial charge >= 0.3 is 0 Å². The molecule has 4 nitrogen and oxygen atoms in total. The molecule has 0 aliphatic rings. The second-order valence-electron chi connectivity index (χ2n) is 5.27. The minimum Gasteiger partial charge on any atom is -0.360 e. The van der Waals surface area contributed by atoms with Crippen molar-refractivity contribution in [2.24, 2.45) is 0 Å². The monoisotopic (exact) mass is 308 g/mol. The van der Waals surface area contributed by atoms with Gasteiger partial charge in [0, 0.05) is 28.9 Å². The highest BCUT2D eigenvalue weighted by molar-refractivity contribution is 6.10. The lowest BCUT2D eigenvalue weighted by Crippen LogP contribution is -2.17. The first-order valence-corrected chi connectivity index (χ1v) is 6.98. The highest BCUT2D eigenvalue weighted by Crippen LogP contribution is 2.15. The van der Waals surface area contributed by atoms with Gasteiger partial charge in [-0.1, -0.05) is 12.1 Å². The lowest BCUT2D eigenvalue weighted by Gasteiger charge is -2.06. The van der Waals surface area contributed by atoms with Crippen LogP contribution in [0.3, 0.4) is 0 Å². The van der Waals surface area contributed by atoms with E-state index >= 15 is 0 Å². The number of hydrogen-bond acceptors (Lipinski definition) is 3. The number of aryl methyl sites for hydroxylation is 1. The summed E-state index contributed by atoms with van der Waals surface area (Å²) in [5.74, 6) is -0.962. The standard InChI is InChI=1S/C18H13FN2O2/c1-10-6-11(2-3-12(10)8-20)17(22)15-9-21-16-5-4-13(19)7-14(16)18(15)23/h2-9,20H,1H3,(H,21,23). The van der Waals surface area contributed by atoms with Gasteiger partial charge < -0.3 is 10.4 Å². The van der Waals surface area contributed by atoms with Gasteiger partial charge in [-0.15, -0.1) is 0 Å². The molecule has 1 heterocycles. The average molecular weight is 308 g/mol. The molecule has 23 heavy (non-hydrogen) atoms. The highest BCUT2D eigenvalue weighted by Gasteiger charge is 2.16. The third kappa shape index (κ3) is 2.57. The zero-order valence-electron chi connectivity index (χ0n) is 12.3. The normalized spacial score (nSPS) is 10.7. The molecular weight excluding hydrogens is 295 g/mol. The van der Waals surface area contributed by atoms with Gasteiger partial charge in [-0.3, -0.25) is 9.59 Å². The smallest absolute Gasteiger partial charge is 0.200 e. The van der Waals surface area contributed by atoms with Crippen molar-refractivity contribution in [2.45, 2.75) is 6.92 Å². The van der Waals surface area contributed by atoms with Gasteiger partial charge in [-0.05, 0) is 42.3 Å². The number of halogens is 1. The summed E-state index contributed by atoms with van der Waals surface area (Å²) in [4.78, 5) is 27.9. The Morgan fingerprint density at radius 1 is 1.22 bits per heavy atom. The van der Waals surface area contributed by atoms with Crippen molar-refractivity contribution in [1.29, 1.82) is 5.41 Å². The van der Waals surface area contributed by atoms with Crippen LogP contribution in [0, 0.1) is 18.2 Å². The average Bonchev–Trinajstić information content (AvgIpc) is 2.55. The molecule has 0 fully saturated rings. The molecule has 0 unspecified atom stereocenters. The van der Waals surface area contributed by atoms with E-state index in [1.165, 1.54) is 24.5 Å². The molecule has 2 N–H and O–H groups in total. The largest absolute Gasteiger partial charge is 0.360 e. The molecule has 0 atom stereocenters. The molecule has 3 aromatic rings. The van der Waals surface area contributed by atoms with Crippen molar-refractivity contribution in [3.8, 4) is 0 Å². The van der Waals surface area contributed by atoms with Crippen molar-refractivity contribution in [1.82, 2.24) is 4.98 Å². The maximum Gasteiger partial charge on any atom is 0.200 e. The van der Waals surface area contributed by atoms with Gasteiger partial charge in [0.05, 0.1) is 5.56 Å². The van der Waals surface area contributed by atoms with E-state index in [9.17, 15) is 14.0 Å². The van der Waals surface area contributed by atoms with Crippen LogP contribution < -0.4 is 5.43 Å². The van der Waals surface area contributed by atoms with Crippen LogP contribution in [-0.2, 0) is 0 Å². The molecule has 0 saturated heterocycles. The maximum absolute atomic E-state index is 13.3. The number of hydrogen-bond donors (Lipinski definition) is 2. The molecular formula is C18H13FN2O2. The summed E-state index contributed by atoms with van der Waals surface area (Å²) < 4.78 is 13.3. The fourth-order valence-electron chi connectivity index (χ4n) is 2.49. The van der Waals surface area contributed by atoms with E-state index in [0.717, 1.165) is 11.6 Å². The van der Waals surface area contributed by atoms with E-state index < -0.39 is 17.0 Å². The summed E-state index contributed by atoms with van der Waals surface area (Å²) in [7, 11) is 0. The number of carbonyl (C=O) groups excluding carboxylic acids is 1. The van der Waals surface area contributed by atoms with Gasteiger partial charge in [0.1, 0.15) is 5.82 Å². The molecule has 2 aromatic carbocycles. The summed E-state index contributed by atoms with van der Waals surface area (Å²) >= 11 is 0. The van der Waals surface area contributed by atoms with Gasteiger partial charge in [-0.25, -0.2) is 4.39 Å². The highest BCUT2D eigenvalue weighted by atomic mass is 19.1. The van der Waals surface area contributed by atoms with E-state index in [4.69, 9.17) is 5.41 Å². The SMILES string of the molecule is Cc1cc(C(=O)c2c[nH]c3ccc(F)cc3c2=O)ccc1C=N. The summed E-state index contributed by atoms with van der Waals surface area (Å²) in [6.45, 7) is 1.79. The molecule has 0 radical (unpaired) electrons. The summed E-state index contributed by atoms with van der Waals surface area (Å²) in [5.41, 5.74) is 1.77. The summed E-state index contributed by atoms with van der Waals surface area (Å²) in [6.07, 6.45) is 2.56. The molecule has 0 aliphatic carbocycles. The van der Waals surface area contributed by atoms with Crippen molar-refractivity contribution < 1.29 is 9.18 Å². The number of aromatic amines is 1. The fourth-order valence-corrected chi connectivity index (χ4v) is 2.49. The molecule has 0 aliphatic heterocycles. The van der Waals surface area contributed by atoms with Crippen molar-refractivity contribution in [3.05, 3.63) is 80.9 Å². The van der Waals surface area contributed by atoms with Crippen LogP contribution in [0.2, 0.25) is 0 Å². The minimum atomic E-state index is -0.529. The Morgan fingerprint density at radius 2 is 2.00 bits per heavy atom. The first kappa shape index (κ1) is 14.8. The fraction of sp³-hybridized carbons (Fsp3) is 0.0556. The number of rotatable bonds is 3. The van der Waals surface area contributed by atoms with Gasteiger partial charge in [0.2, 0.25) is 5.43 Å². The summed E-state index contributed by atoms with van der Waals surface area (Å²) in [5, 5.41) is 7.41. The second kappa shape index (κ2) is 5.61. The topological polar surface area (TPSA) is 73.8 Å². The minimum absolute atomic E-state index is 0.0369. The number of nitrogens with one attached hydrogen (secondary N) is 2. The Kier molecular flexibility index (Phi) is 3.62. The number of H-pyrrole nitrogens is 1. The van der Waals surface area contributed by atoms with Gasteiger partial charge in [-0.2, -0.15) is 0 Å². The Bertz CT molecular complexity index is 1010. The predicted molar refractivity (Wildman–Crippen MR) is 87.0 cm³/mol. The van der Waals surface area contributed by atoms with Gasteiger partial charge in [0.15, 0.2) is 5.78 Å². The zero-order chi connectivity index (χ0) is 16.6. The lowest BCUT2D eigenvalue weighted by atomic mass is 9.99. The van der Waals surface area contributed by atoms with Gasteiger partial charge in [0.25, 0.3) is 0 Å². The summed E-state index contributed by atoms with van der Waals surface area (Å²) in [6, 6.07) is 8.70. The van der Waals surface area contributed by atoms with Crippen LogP contribution >= 0.6 is 0 Å². The van der Waals surface area contributed by atoms with Crippen LogP contribution in [0.5, 0.6) is 0 Å². The second-order valence-corrected chi connectivity index (χ2v) is 5.27. The van der Waals surface area contributed by atoms with Crippen LogP contribution in [-0.4, -0.2) is 17.0 Å². The van der Waals surface area contributed by atoms with E-state index in [-0.39, 0.29) is 10.9 Å². The Hall–Kier alpha value is -3.08. The molecule has 0 bridgehead atoms. The van der Waals surface area contributed by atoms with Crippen LogP contribution in [0.1, 0.15) is 27.0 Å². The third-order valence-electron chi connectivity index (χ3n) is 3.77. The molecule has 5 heteroatoms. The van der Waals surface area contributed by atoms with Crippen molar-refractivity contribution in [2.75, 3.05) is 0 Å². The van der Waals surface area contributed by atoms with E-state index in [0.29, 0.717) is 16.6 Å². The number of fused-ring (bicyclic) bond motifs is 1. The number of carbonyl (C=O) groups is 1. The number of benzene rings is 2. The predicted octanol–water partition coefficient (Wildman–Crippen LogP) is 3.20. The van der Waals surface area contributed by atoms with E-state index in [1.54, 1.807) is 25.1 Å². The Balaban J connectivity index is 2.14. The first-order chi connectivity index (χ1) is 11.0. The lowest BCUT2D eigenvalue weighted by molar-refractivity contribution is 0.103. The third-order valence-corrected chi connectivity index (χ3v) is 3.77. The number of aromatic nitrogens is 1. The zero-order valence-corrected chi connectivity index (χ0v) is 12.3. The van der Waals surface area contributed by atoms with Crippen LogP contribution in [0.4, 0.5) is 4.39 Å². The molecule has 3 rings (SSSR count). The van der Waals surface area contributed by atoms with Crippen LogP contribution in [0.15, 0.2) is 47.4 Å². The molecule has 1 aromatic heterocycles. The van der Waals surface area contributed by atoms with Crippen molar-refractivity contribution >= 4 is 22.9 Å².